The van der Waals surface area contributed by atoms with E-state index < -0.39 is 35.4 Å². The number of halogens is 2. The summed E-state index contributed by atoms with van der Waals surface area (Å²) >= 11 is 7.25. The zero-order valence-electron chi connectivity index (χ0n) is 20.8. The van der Waals surface area contributed by atoms with Crippen LogP contribution in [-0.2, 0) is 16.1 Å². The molecule has 0 spiro atoms. The van der Waals surface area contributed by atoms with Gasteiger partial charge in [-0.2, -0.15) is 0 Å². The summed E-state index contributed by atoms with van der Waals surface area (Å²) in [5.41, 5.74) is 0.299. The zero-order chi connectivity index (χ0) is 26.5. The van der Waals surface area contributed by atoms with Gasteiger partial charge >= 0.3 is 6.09 Å². The van der Waals surface area contributed by atoms with Crippen molar-refractivity contribution in [2.24, 2.45) is 0 Å². The summed E-state index contributed by atoms with van der Waals surface area (Å²) in [6, 6.07) is 8.74. The summed E-state index contributed by atoms with van der Waals surface area (Å²) in [6.45, 7) is 7.75. The second-order valence-corrected chi connectivity index (χ2v) is 11.0. The first-order valence-electron chi connectivity index (χ1n) is 11.8. The van der Waals surface area contributed by atoms with Gasteiger partial charge in [0.15, 0.2) is 0 Å². The van der Waals surface area contributed by atoms with Gasteiger partial charge in [-0.25, -0.2) is 9.18 Å². The summed E-state index contributed by atoms with van der Waals surface area (Å²) in [4.78, 5) is 40.8. The van der Waals surface area contributed by atoms with Crippen LogP contribution in [0.15, 0.2) is 41.3 Å². The number of carbonyl (C=O) groups is 3. The second-order valence-electron chi connectivity index (χ2n) is 9.47. The van der Waals surface area contributed by atoms with E-state index in [1.165, 1.54) is 28.8 Å². The van der Waals surface area contributed by atoms with Crippen molar-refractivity contribution in [3.63, 3.8) is 0 Å². The third kappa shape index (κ3) is 7.36. The third-order valence-electron chi connectivity index (χ3n) is 5.31. The predicted molar refractivity (Wildman–Crippen MR) is 140 cm³/mol. The Morgan fingerprint density at radius 2 is 1.92 bits per heavy atom. The van der Waals surface area contributed by atoms with Crippen molar-refractivity contribution in [1.82, 2.24) is 10.6 Å². The summed E-state index contributed by atoms with van der Waals surface area (Å²) in [6.07, 6.45) is 0.938. The number of hydrogen-bond donors (Lipinski definition) is 2. The molecule has 2 aromatic carbocycles. The average molecular weight is 536 g/mol. The average Bonchev–Trinajstić information content (AvgIpc) is 2.91. The lowest BCUT2D eigenvalue weighted by molar-refractivity contribution is -0.120. The predicted octanol–water partition coefficient (Wildman–Crippen LogP) is 5.54. The van der Waals surface area contributed by atoms with E-state index in [0.717, 1.165) is 18.4 Å². The molecule has 0 aliphatic carbocycles. The van der Waals surface area contributed by atoms with Gasteiger partial charge in [-0.05, 0) is 57.0 Å². The molecule has 3 rings (SSSR count). The monoisotopic (exact) mass is 535 g/mol. The molecule has 0 aromatic heterocycles. The molecule has 194 valence electrons. The van der Waals surface area contributed by atoms with Crippen molar-refractivity contribution in [2.45, 2.75) is 63.6 Å². The number of nitrogens with zero attached hydrogens (tertiary/aromatic N) is 1. The van der Waals surface area contributed by atoms with Crippen LogP contribution in [0.25, 0.3) is 0 Å². The Balaban J connectivity index is 1.97. The summed E-state index contributed by atoms with van der Waals surface area (Å²) < 4.78 is 20.3. The van der Waals surface area contributed by atoms with Crippen LogP contribution in [0.2, 0.25) is 5.02 Å². The lowest BCUT2D eigenvalue weighted by Crippen LogP contribution is -2.50. The van der Waals surface area contributed by atoms with E-state index in [1.54, 1.807) is 45.0 Å². The maximum Gasteiger partial charge on any atom is 0.408 e. The summed E-state index contributed by atoms with van der Waals surface area (Å²) in [7, 11) is 0. The number of carbonyl (C=O) groups excluding carboxylic acids is 3. The fourth-order valence-electron chi connectivity index (χ4n) is 3.56. The van der Waals surface area contributed by atoms with Crippen molar-refractivity contribution in [3.8, 4) is 0 Å². The Labute approximate surface area is 220 Å². The van der Waals surface area contributed by atoms with Crippen LogP contribution >= 0.6 is 23.4 Å². The van der Waals surface area contributed by atoms with Crippen molar-refractivity contribution < 1.29 is 23.5 Å². The quantitative estimate of drug-likeness (QED) is 0.454. The Hall–Kier alpha value is -2.78. The summed E-state index contributed by atoms with van der Waals surface area (Å²) in [5.74, 6) is -1.44. The fourth-order valence-corrected chi connectivity index (χ4v) is 4.76. The minimum atomic E-state index is -0.922. The lowest BCUT2D eigenvalue weighted by atomic mass is 10.1. The lowest BCUT2D eigenvalue weighted by Gasteiger charge is -2.27. The number of fused-ring (bicyclic) bond motifs is 1. The van der Waals surface area contributed by atoms with E-state index >= 15 is 0 Å². The highest BCUT2D eigenvalue weighted by Gasteiger charge is 2.34. The van der Waals surface area contributed by atoms with Gasteiger partial charge in [-0.3, -0.25) is 9.59 Å². The van der Waals surface area contributed by atoms with Crippen LogP contribution in [0, 0.1) is 5.82 Å². The molecule has 1 aliphatic rings. The molecule has 2 aromatic rings. The van der Waals surface area contributed by atoms with Crippen LogP contribution in [0.1, 0.15) is 56.5 Å². The molecule has 0 saturated carbocycles. The van der Waals surface area contributed by atoms with Crippen molar-refractivity contribution in [1.29, 1.82) is 0 Å². The normalized spacial score (nSPS) is 15.7. The zero-order valence-corrected chi connectivity index (χ0v) is 22.4. The SMILES string of the molecule is CCCCNC(=O)c1cc2c(cc1F)SC[C@H](NC(=O)OC(C)(C)C)C(=O)N2Cc1ccc(Cl)cc1. The van der Waals surface area contributed by atoms with Crippen LogP contribution in [0.3, 0.4) is 0 Å². The Bertz CT molecular complexity index is 1120. The van der Waals surface area contributed by atoms with Gasteiger partial charge < -0.3 is 20.3 Å². The van der Waals surface area contributed by atoms with Crippen LogP contribution < -0.4 is 15.5 Å². The molecular weight excluding hydrogens is 505 g/mol. The van der Waals surface area contributed by atoms with E-state index in [0.29, 0.717) is 22.2 Å². The highest BCUT2D eigenvalue weighted by atomic mass is 35.5. The molecule has 3 amide bonds. The number of unbranched alkanes of at least 4 members (excludes halogenated alkanes) is 1. The first-order valence-corrected chi connectivity index (χ1v) is 13.1. The van der Waals surface area contributed by atoms with Gasteiger partial charge in [0.1, 0.15) is 17.5 Å². The van der Waals surface area contributed by atoms with Crippen LogP contribution in [0.4, 0.5) is 14.9 Å². The molecule has 0 unspecified atom stereocenters. The van der Waals surface area contributed by atoms with Crippen LogP contribution in [0.5, 0.6) is 0 Å². The molecule has 0 fully saturated rings. The maximum atomic E-state index is 15.0. The minimum absolute atomic E-state index is 0.137. The number of rotatable bonds is 7. The fraction of sp³-hybridized carbons (Fsp3) is 0.423. The van der Waals surface area contributed by atoms with Gasteiger partial charge in [0, 0.05) is 22.2 Å². The van der Waals surface area contributed by atoms with Crippen molar-refractivity contribution in [2.75, 3.05) is 17.2 Å². The molecule has 1 atom stereocenters. The number of anilines is 1. The molecule has 1 heterocycles. The molecule has 0 saturated heterocycles. The molecule has 7 nitrogen and oxygen atoms in total. The van der Waals surface area contributed by atoms with E-state index in [4.69, 9.17) is 16.3 Å². The van der Waals surface area contributed by atoms with Crippen LogP contribution in [-0.4, -0.2) is 41.8 Å². The van der Waals surface area contributed by atoms with Gasteiger partial charge in [-0.15, -0.1) is 11.8 Å². The van der Waals surface area contributed by atoms with Crippen molar-refractivity contribution in [3.05, 3.63) is 58.4 Å². The molecule has 0 bridgehead atoms. The smallest absolute Gasteiger partial charge is 0.408 e. The van der Waals surface area contributed by atoms with Gasteiger partial charge in [0.25, 0.3) is 11.8 Å². The highest BCUT2D eigenvalue weighted by molar-refractivity contribution is 7.99. The number of benzene rings is 2. The van der Waals surface area contributed by atoms with Gasteiger partial charge in [0.2, 0.25) is 0 Å². The Kier molecular flexibility index (Phi) is 9.24. The number of nitrogens with one attached hydrogen (secondary N) is 2. The van der Waals surface area contributed by atoms with E-state index in [2.05, 4.69) is 10.6 Å². The van der Waals surface area contributed by atoms with Gasteiger partial charge in [0.05, 0.1) is 17.8 Å². The first-order chi connectivity index (χ1) is 17.0. The molecule has 10 heteroatoms. The van der Waals surface area contributed by atoms with E-state index in [1.807, 2.05) is 6.92 Å². The minimum Gasteiger partial charge on any atom is -0.444 e. The molecular formula is C26H31ClFN3O4S. The number of thioether (sulfide) groups is 1. The van der Waals surface area contributed by atoms with E-state index in [9.17, 15) is 18.8 Å². The largest absolute Gasteiger partial charge is 0.444 e. The maximum absolute atomic E-state index is 15.0. The molecule has 0 radical (unpaired) electrons. The molecule has 1 aliphatic heterocycles. The standard InChI is InChI=1S/C26H31ClFN3O4S/c1-5-6-11-29-23(32)18-12-21-22(13-19(18)28)36-15-20(30-25(34)35-26(2,3)4)24(33)31(21)14-16-7-9-17(27)10-8-16/h7-10,12-13,20H,5-6,11,14-15H2,1-4H3,(H,29,32)(H,30,34)/t20-/m0/s1. The summed E-state index contributed by atoms with van der Waals surface area (Å²) in [5, 5.41) is 5.92. The van der Waals surface area contributed by atoms with Gasteiger partial charge in [-0.1, -0.05) is 37.1 Å². The molecule has 36 heavy (non-hydrogen) atoms. The second kappa shape index (κ2) is 12.0. The number of alkyl carbamates (subject to hydrolysis) is 1. The Morgan fingerprint density at radius 1 is 1.22 bits per heavy atom. The highest BCUT2D eigenvalue weighted by Crippen LogP contribution is 2.37. The number of amides is 3. The third-order valence-corrected chi connectivity index (χ3v) is 6.70. The number of hydrogen-bond acceptors (Lipinski definition) is 5. The molecule has 2 N–H and O–H groups in total. The topological polar surface area (TPSA) is 87.7 Å². The first kappa shape index (κ1) is 27.8. The number of ether oxygens (including phenoxy) is 1. The van der Waals surface area contributed by atoms with E-state index in [-0.39, 0.29) is 17.9 Å². The van der Waals surface area contributed by atoms with Crippen molar-refractivity contribution >= 4 is 47.0 Å². The Morgan fingerprint density at radius 3 is 2.56 bits per heavy atom.